The second-order valence-corrected chi connectivity index (χ2v) is 7.73. The molecule has 1 saturated heterocycles. The van der Waals surface area contributed by atoms with Crippen LogP contribution in [-0.2, 0) is 20.8 Å². The molecule has 0 radical (unpaired) electrons. The van der Waals surface area contributed by atoms with Gasteiger partial charge in [-0.05, 0) is 30.5 Å². The number of unbranched alkanes of at least 4 members (excludes halogenated alkanes) is 3. The number of hydrogen-bond acceptors (Lipinski definition) is 6. The van der Waals surface area contributed by atoms with E-state index in [2.05, 4.69) is 0 Å². The molecule has 0 saturated carbocycles. The van der Waals surface area contributed by atoms with Gasteiger partial charge in [-0.2, -0.15) is 0 Å². The molecule has 0 aliphatic carbocycles. The van der Waals surface area contributed by atoms with Gasteiger partial charge in [0.15, 0.2) is 0 Å². The lowest BCUT2D eigenvalue weighted by molar-refractivity contribution is -0.180. The summed E-state index contributed by atoms with van der Waals surface area (Å²) in [5.41, 5.74) is 1.96. The van der Waals surface area contributed by atoms with E-state index in [1.165, 1.54) is 0 Å². The van der Waals surface area contributed by atoms with Crippen molar-refractivity contribution in [3.05, 3.63) is 29.3 Å². The first-order valence-corrected chi connectivity index (χ1v) is 10.1. The van der Waals surface area contributed by atoms with Crippen LogP contribution in [-0.4, -0.2) is 54.8 Å². The Labute approximate surface area is 166 Å². The molecule has 1 atom stereocenters. The van der Waals surface area contributed by atoms with E-state index in [4.69, 9.17) is 24.1 Å². The SMILES string of the molecule is CC1(C)OCc2cc(C3CN(CCCCCCOCCO)C(=O)O3)ccc2O1. The van der Waals surface area contributed by atoms with Crippen LogP contribution in [0, 0.1) is 0 Å². The fourth-order valence-electron chi connectivity index (χ4n) is 3.45. The summed E-state index contributed by atoms with van der Waals surface area (Å²) in [5.74, 6) is 0.208. The largest absolute Gasteiger partial charge is 0.463 e. The standard InChI is InChI=1S/C21H31NO6/c1-21(2)26-15-17-13-16(7-8-18(17)28-21)19-14-22(20(24)27-19)9-5-3-4-6-11-25-12-10-23/h7-8,13,19,23H,3-6,9-12,14-15H2,1-2H3. The first-order valence-electron chi connectivity index (χ1n) is 10.1. The Balaban J connectivity index is 1.43. The normalized spacial score (nSPS) is 20.6. The molecule has 7 nitrogen and oxygen atoms in total. The van der Waals surface area contributed by atoms with Gasteiger partial charge in [-0.3, -0.25) is 0 Å². The molecule has 156 valence electrons. The van der Waals surface area contributed by atoms with Gasteiger partial charge in [0.1, 0.15) is 11.9 Å². The van der Waals surface area contributed by atoms with E-state index >= 15 is 0 Å². The second kappa shape index (κ2) is 9.58. The van der Waals surface area contributed by atoms with Gasteiger partial charge in [0.25, 0.3) is 0 Å². The molecule has 1 fully saturated rings. The Morgan fingerprint density at radius 3 is 2.86 bits per heavy atom. The minimum absolute atomic E-state index is 0.0699. The molecule has 1 N–H and O–H groups in total. The maximum absolute atomic E-state index is 12.2. The number of benzene rings is 1. The lowest BCUT2D eigenvalue weighted by Crippen LogP contribution is -2.35. The van der Waals surface area contributed by atoms with Crippen LogP contribution >= 0.6 is 0 Å². The van der Waals surface area contributed by atoms with Crippen molar-refractivity contribution in [1.29, 1.82) is 0 Å². The number of carbonyl (C=O) groups excluding carboxylic acids is 1. The molecule has 0 spiro atoms. The van der Waals surface area contributed by atoms with E-state index < -0.39 is 5.79 Å². The minimum atomic E-state index is -0.615. The number of ether oxygens (including phenoxy) is 4. The number of fused-ring (bicyclic) bond motifs is 1. The highest BCUT2D eigenvalue weighted by Gasteiger charge is 2.33. The van der Waals surface area contributed by atoms with E-state index in [-0.39, 0.29) is 18.8 Å². The smallest absolute Gasteiger partial charge is 0.410 e. The highest BCUT2D eigenvalue weighted by atomic mass is 16.7. The Morgan fingerprint density at radius 2 is 2.04 bits per heavy atom. The van der Waals surface area contributed by atoms with Crippen molar-refractivity contribution in [2.75, 3.05) is 32.9 Å². The maximum atomic E-state index is 12.2. The number of carbonyl (C=O) groups is 1. The van der Waals surface area contributed by atoms with Crippen LogP contribution in [0.1, 0.15) is 56.8 Å². The van der Waals surface area contributed by atoms with Gasteiger partial charge in [-0.15, -0.1) is 0 Å². The van der Waals surface area contributed by atoms with Crippen LogP contribution in [0.5, 0.6) is 5.75 Å². The van der Waals surface area contributed by atoms with Gasteiger partial charge >= 0.3 is 6.09 Å². The van der Waals surface area contributed by atoms with Crippen molar-refractivity contribution < 1.29 is 28.8 Å². The van der Waals surface area contributed by atoms with Crippen molar-refractivity contribution in [2.45, 2.75) is 58.0 Å². The average Bonchev–Trinajstić information content (AvgIpc) is 3.03. The van der Waals surface area contributed by atoms with Crippen molar-refractivity contribution in [3.8, 4) is 5.75 Å². The highest BCUT2D eigenvalue weighted by molar-refractivity contribution is 5.70. The topological polar surface area (TPSA) is 77.5 Å². The summed E-state index contributed by atoms with van der Waals surface area (Å²) in [6, 6.07) is 5.91. The number of aliphatic hydroxyl groups is 1. The van der Waals surface area contributed by atoms with E-state index in [0.717, 1.165) is 42.6 Å². The number of cyclic esters (lactones) is 1. The van der Waals surface area contributed by atoms with E-state index in [1.54, 1.807) is 4.90 Å². The van der Waals surface area contributed by atoms with E-state index in [1.807, 2.05) is 32.0 Å². The first-order chi connectivity index (χ1) is 13.5. The maximum Gasteiger partial charge on any atom is 0.410 e. The molecule has 0 bridgehead atoms. The van der Waals surface area contributed by atoms with E-state index in [9.17, 15) is 4.79 Å². The van der Waals surface area contributed by atoms with Gasteiger partial charge in [0.05, 0.1) is 26.4 Å². The molecule has 0 aromatic heterocycles. The lowest BCUT2D eigenvalue weighted by Gasteiger charge is -2.32. The number of amides is 1. The minimum Gasteiger partial charge on any atom is -0.463 e. The van der Waals surface area contributed by atoms with Crippen molar-refractivity contribution >= 4 is 6.09 Å². The zero-order valence-corrected chi connectivity index (χ0v) is 16.8. The third-order valence-corrected chi connectivity index (χ3v) is 4.98. The molecule has 1 aromatic rings. The molecule has 2 aliphatic heterocycles. The molecule has 3 rings (SSSR count). The van der Waals surface area contributed by atoms with Crippen LogP contribution in [0.25, 0.3) is 0 Å². The van der Waals surface area contributed by atoms with Crippen LogP contribution in [0.2, 0.25) is 0 Å². The third-order valence-electron chi connectivity index (χ3n) is 4.98. The fraction of sp³-hybridized carbons (Fsp3) is 0.667. The Bertz CT molecular complexity index is 662. The summed E-state index contributed by atoms with van der Waals surface area (Å²) in [5, 5.41) is 8.65. The summed E-state index contributed by atoms with van der Waals surface area (Å²) < 4.78 is 22.3. The molecular weight excluding hydrogens is 362 g/mol. The second-order valence-electron chi connectivity index (χ2n) is 7.73. The summed E-state index contributed by atoms with van der Waals surface area (Å²) in [6.07, 6.45) is 3.52. The van der Waals surface area contributed by atoms with Crippen molar-refractivity contribution in [3.63, 3.8) is 0 Å². The summed E-state index contributed by atoms with van der Waals surface area (Å²) >= 11 is 0. The van der Waals surface area contributed by atoms with Gasteiger partial charge in [-0.25, -0.2) is 4.79 Å². The van der Waals surface area contributed by atoms with Crippen LogP contribution < -0.4 is 4.74 Å². The van der Waals surface area contributed by atoms with E-state index in [0.29, 0.717) is 32.9 Å². The molecule has 2 aliphatic rings. The molecule has 28 heavy (non-hydrogen) atoms. The predicted molar refractivity (Wildman–Crippen MR) is 103 cm³/mol. The first kappa shape index (κ1) is 20.9. The van der Waals surface area contributed by atoms with Gasteiger partial charge in [0, 0.05) is 32.6 Å². The van der Waals surface area contributed by atoms with Gasteiger partial charge < -0.3 is 29.0 Å². The zero-order chi connectivity index (χ0) is 20.0. The van der Waals surface area contributed by atoms with Crippen LogP contribution in [0.4, 0.5) is 4.79 Å². The quantitative estimate of drug-likeness (QED) is 0.614. The molecule has 2 heterocycles. The summed E-state index contributed by atoms with van der Waals surface area (Å²) in [6.45, 7) is 6.70. The zero-order valence-electron chi connectivity index (χ0n) is 16.8. The molecular formula is C21H31NO6. The molecule has 1 amide bonds. The highest BCUT2D eigenvalue weighted by Crippen LogP contribution is 2.35. The van der Waals surface area contributed by atoms with Gasteiger partial charge in [-0.1, -0.05) is 18.9 Å². The van der Waals surface area contributed by atoms with Crippen LogP contribution in [0.15, 0.2) is 18.2 Å². The number of nitrogens with zero attached hydrogens (tertiary/aromatic N) is 1. The van der Waals surface area contributed by atoms with Crippen LogP contribution in [0.3, 0.4) is 0 Å². The predicted octanol–water partition coefficient (Wildman–Crippen LogP) is 3.39. The Kier molecular flexibility index (Phi) is 7.15. The number of aliphatic hydroxyl groups excluding tert-OH is 1. The number of hydrogen-bond donors (Lipinski definition) is 1. The monoisotopic (exact) mass is 393 g/mol. The van der Waals surface area contributed by atoms with Crippen molar-refractivity contribution in [2.24, 2.45) is 0 Å². The van der Waals surface area contributed by atoms with Gasteiger partial charge in [0.2, 0.25) is 5.79 Å². The summed E-state index contributed by atoms with van der Waals surface area (Å²) in [7, 11) is 0. The third kappa shape index (κ3) is 5.59. The molecule has 1 unspecified atom stereocenters. The lowest BCUT2D eigenvalue weighted by atomic mass is 10.0. The Hall–Kier alpha value is -1.83. The fourth-order valence-corrected chi connectivity index (χ4v) is 3.45. The Morgan fingerprint density at radius 1 is 1.21 bits per heavy atom. The summed E-state index contributed by atoms with van der Waals surface area (Å²) in [4.78, 5) is 14.0. The van der Waals surface area contributed by atoms with Crippen molar-refractivity contribution in [1.82, 2.24) is 4.90 Å². The molecule has 1 aromatic carbocycles. The number of rotatable bonds is 10. The average molecular weight is 393 g/mol. The molecule has 7 heteroatoms.